The van der Waals surface area contributed by atoms with Gasteiger partial charge in [0.25, 0.3) is 5.91 Å². The van der Waals surface area contributed by atoms with Crippen molar-refractivity contribution >= 4 is 11.8 Å². The van der Waals surface area contributed by atoms with E-state index < -0.39 is 6.10 Å². The van der Waals surface area contributed by atoms with Gasteiger partial charge in [0.15, 0.2) is 0 Å². The summed E-state index contributed by atoms with van der Waals surface area (Å²) in [6.45, 7) is 2.94. The first-order chi connectivity index (χ1) is 10.1. The third-order valence-electron chi connectivity index (χ3n) is 3.74. The second-order valence-electron chi connectivity index (χ2n) is 5.23. The number of H-pyrrole nitrogens is 1. The van der Waals surface area contributed by atoms with E-state index >= 15 is 0 Å². The molecule has 2 rings (SSSR count). The number of aromatic amines is 1. The number of carbonyl (C=O) groups excluding carboxylic acids is 2. The molecule has 1 aromatic heterocycles. The van der Waals surface area contributed by atoms with Gasteiger partial charge in [-0.2, -0.15) is 0 Å². The van der Waals surface area contributed by atoms with Crippen LogP contribution in [0.5, 0.6) is 0 Å². The summed E-state index contributed by atoms with van der Waals surface area (Å²) in [4.78, 5) is 32.8. The molecular formula is C14H22N4O3. The number of rotatable bonds is 5. The molecule has 1 aliphatic heterocycles. The maximum absolute atomic E-state index is 12.2. The zero-order chi connectivity index (χ0) is 15.2. The van der Waals surface area contributed by atoms with Crippen molar-refractivity contribution in [1.29, 1.82) is 0 Å². The number of carbonyl (C=O) groups is 2. The minimum Gasteiger partial charge on any atom is -0.372 e. The summed E-state index contributed by atoms with van der Waals surface area (Å²) in [7, 11) is 1.53. The Kier molecular flexibility index (Phi) is 5.32. The highest BCUT2D eigenvalue weighted by Gasteiger charge is 2.27. The van der Waals surface area contributed by atoms with Crippen molar-refractivity contribution < 1.29 is 14.3 Å². The van der Waals surface area contributed by atoms with Gasteiger partial charge in [0.2, 0.25) is 5.91 Å². The van der Waals surface area contributed by atoms with Crippen molar-refractivity contribution in [2.45, 2.75) is 38.8 Å². The molecule has 1 atom stereocenters. The highest BCUT2D eigenvalue weighted by Crippen LogP contribution is 2.14. The SMILES string of the molecule is COC1CCCCN(CC(=O)NCc2nc[nH]c2C)C1=O. The van der Waals surface area contributed by atoms with E-state index in [0.29, 0.717) is 13.1 Å². The normalized spacial score (nSPS) is 19.4. The molecule has 0 aliphatic carbocycles. The molecule has 0 saturated carbocycles. The summed E-state index contributed by atoms with van der Waals surface area (Å²) in [6.07, 6.45) is 3.73. The lowest BCUT2D eigenvalue weighted by molar-refractivity contribution is -0.144. The van der Waals surface area contributed by atoms with Crippen molar-refractivity contribution in [3.05, 3.63) is 17.7 Å². The van der Waals surface area contributed by atoms with Crippen molar-refractivity contribution in [3.63, 3.8) is 0 Å². The molecule has 116 valence electrons. The molecule has 2 amide bonds. The Morgan fingerprint density at radius 2 is 2.38 bits per heavy atom. The molecule has 7 nitrogen and oxygen atoms in total. The van der Waals surface area contributed by atoms with Gasteiger partial charge < -0.3 is 19.9 Å². The zero-order valence-corrected chi connectivity index (χ0v) is 12.5. The predicted octanol–water partition coefficient (Wildman–Crippen LogP) is 0.362. The Hall–Kier alpha value is -1.89. The monoisotopic (exact) mass is 294 g/mol. The van der Waals surface area contributed by atoms with Crippen LogP contribution in [0.1, 0.15) is 30.7 Å². The number of ether oxygens (including phenoxy) is 1. The Morgan fingerprint density at radius 1 is 1.57 bits per heavy atom. The minimum atomic E-state index is -0.422. The summed E-state index contributed by atoms with van der Waals surface area (Å²) >= 11 is 0. The summed E-state index contributed by atoms with van der Waals surface area (Å²) in [6, 6.07) is 0. The van der Waals surface area contributed by atoms with Gasteiger partial charge in [-0.05, 0) is 26.2 Å². The van der Waals surface area contributed by atoms with Gasteiger partial charge in [0.1, 0.15) is 6.10 Å². The molecule has 7 heteroatoms. The third kappa shape index (κ3) is 4.04. The summed E-state index contributed by atoms with van der Waals surface area (Å²) < 4.78 is 5.19. The van der Waals surface area contributed by atoms with Crippen LogP contribution in [0.15, 0.2) is 6.33 Å². The first-order valence-electron chi connectivity index (χ1n) is 7.19. The molecule has 0 radical (unpaired) electrons. The van der Waals surface area contributed by atoms with Crippen molar-refractivity contribution in [2.75, 3.05) is 20.2 Å². The number of likely N-dealkylation sites (tertiary alicyclic amines) is 1. The van der Waals surface area contributed by atoms with Gasteiger partial charge in [-0.15, -0.1) is 0 Å². The number of imidazole rings is 1. The highest BCUT2D eigenvalue weighted by molar-refractivity contribution is 5.87. The number of hydrogen-bond acceptors (Lipinski definition) is 4. The molecule has 1 unspecified atom stereocenters. The van der Waals surface area contributed by atoms with Crippen LogP contribution in [-0.2, 0) is 20.9 Å². The van der Waals surface area contributed by atoms with E-state index in [1.54, 1.807) is 11.2 Å². The highest BCUT2D eigenvalue weighted by atomic mass is 16.5. The lowest BCUT2D eigenvalue weighted by Crippen LogP contribution is -2.44. The maximum Gasteiger partial charge on any atom is 0.252 e. The number of nitrogens with one attached hydrogen (secondary N) is 2. The molecule has 1 aromatic rings. The van der Waals surface area contributed by atoms with Crippen LogP contribution in [0, 0.1) is 6.92 Å². The fourth-order valence-electron chi connectivity index (χ4n) is 2.42. The molecule has 2 N–H and O–H groups in total. The summed E-state index contributed by atoms with van der Waals surface area (Å²) in [5.41, 5.74) is 1.74. The number of aromatic nitrogens is 2. The maximum atomic E-state index is 12.2. The number of hydrogen-bond donors (Lipinski definition) is 2. The molecule has 1 saturated heterocycles. The van der Waals surface area contributed by atoms with E-state index in [-0.39, 0.29) is 18.4 Å². The van der Waals surface area contributed by atoms with E-state index in [1.807, 2.05) is 6.92 Å². The van der Waals surface area contributed by atoms with Gasteiger partial charge in [0.05, 0.1) is 25.1 Å². The smallest absolute Gasteiger partial charge is 0.252 e. The predicted molar refractivity (Wildman–Crippen MR) is 76.4 cm³/mol. The minimum absolute atomic E-state index is 0.0716. The quantitative estimate of drug-likeness (QED) is 0.821. The van der Waals surface area contributed by atoms with E-state index in [9.17, 15) is 9.59 Å². The van der Waals surface area contributed by atoms with Crippen LogP contribution in [0.2, 0.25) is 0 Å². The third-order valence-corrected chi connectivity index (χ3v) is 3.74. The molecular weight excluding hydrogens is 272 g/mol. The van der Waals surface area contributed by atoms with Crippen molar-refractivity contribution in [1.82, 2.24) is 20.2 Å². The van der Waals surface area contributed by atoms with Gasteiger partial charge in [-0.25, -0.2) is 4.98 Å². The Labute approximate surface area is 124 Å². The van der Waals surface area contributed by atoms with Gasteiger partial charge in [-0.1, -0.05) is 0 Å². The first kappa shape index (κ1) is 15.5. The van der Waals surface area contributed by atoms with Crippen LogP contribution in [-0.4, -0.2) is 53.0 Å². The van der Waals surface area contributed by atoms with Crippen LogP contribution in [0.3, 0.4) is 0 Å². The topological polar surface area (TPSA) is 87.3 Å². The average Bonchev–Trinajstić information content (AvgIpc) is 2.80. The average molecular weight is 294 g/mol. The van der Waals surface area contributed by atoms with E-state index in [0.717, 1.165) is 30.7 Å². The molecule has 1 fully saturated rings. The zero-order valence-electron chi connectivity index (χ0n) is 12.5. The standard InChI is InChI=1S/C14H22N4O3/c1-10-11(17-9-16-10)7-15-13(19)8-18-6-4-3-5-12(21-2)14(18)20/h9,12H,3-8H2,1-2H3,(H,15,19)(H,16,17). The second-order valence-corrected chi connectivity index (χ2v) is 5.23. The van der Waals surface area contributed by atoms with Crippen LogP contribution in [0.4, 0.5) is 0 Å². The van der Waals surface area contributed by atoms with Crippen molar-refractivity contribution in [2.24, 2.45) is 0 Å². The second kappa shape index (κ2) is 7.21. The van der Waals surface area contributed by atoms with E-state index in [1.165, 1.54) is 7.11 Å². The van der Waals surface area contributed by atoms with Gasteiger partial charge >= 0.3 is 0 Å². The Morgan fingerprint density at radius 3 is 3.05 bits per heavy atom. The number of nitrogens with zero attached hydrogens (tertiary/aromatic N) is 2. The fraction of sp³-hybridized carbons (Fsp3) is 0.643. The summed E-state index contributed by atoms with van der Waals surface area (Å²) in [5, 5.41) is 2.79. The lowest BCUT2D eigenvalue weighted by atomic mass is 10.2. The fourth-order valence-corrected chi connectivity index (χ4v) is 2.42. The van der Waals surface area contributed by atoms with E-state index in [2.05, 4.69) is 15.3 Å². The molecule has 2 heterocycles. The van der Waals surface area contributed by atoms with E-state index in [4.69, 9.17) is 4.74 Å². The van der Waals surface area contributed by atoms with Crippen LogP contribution >= 0.6 is 0 Å². The molecule has 1 aliphatic rings. The summed E-state index contributed by atoms with van der Waals surface area (Å²) in [5.74, 6) is -0.274. The molecule has 0 aromatic carbocycles. The number of amides is 2. The Balaban J connectivity index is 1.86. The number of methoxy groups -OCH3 is 1. The lowest BCUT2D eigenvalue weighted by Gasteiger charge is -2.23. The van der Waals surface area contributed by atoms with Gasteiger partial charge in [-0.3, -0.25) is 9.59 Å². The van der Waals surface area contributed by atoms with Crippen LogP contribution in [0.25, 0.3) is 0 Å². The molecule has 0 spiro atoms. The largest absolute Gasteiger partial charge is 0.372 e. The van der Waals surface area contributed by atoms with Gasteiger partial charge in [0, 0.05) is 19.3 Å². The van der Waals surface area contributed by atoms with Crippen LogP contribution < -0.4 is 5.32 Å². The number of aryl methyl sites for hydroxylation is 1. The molecule has 21 heavy (non-hydrogen) atoms. The molecule has 0 bridgehead atoms. The van der Waals surface area contributed by atoms with Crippen molar-refractivity contribution in [3.8, 4) is 0 Å². The first-order valence-corrected chi connectivity index (χ1v) is 7.19. The Bertz CT molecular complexity index is 500.